The highest BCUT2D eigenvalue weighted by atomic mass is 35.5. The third-order valence-electron chi connectivity index (χ3n) is 3.89. The molecular formula is C16H21Cl2NO3. The van der Waals surface area contributed by atoms with Crippen LogP contribution >= 0.6 is 23.2 Å². The molecule has 1 saturated carbocycles. The lowest BCUT2D eigenvalue weighted by Crippen LogP contribution is -2.37. The van der Waals surface area contributed by atoms with Crippen LogP contribution in [0.25, 0.3) is 0 Å². The van der Waals surface area contributed by atoms with E-state index in [1.54, 1.807) is 12.1 Å². The number of aliphatic hydroxyl groups excluding tert-OH is 1. The van der Waals surface area contributed by atoms with Crippen LogP contribution in [0.1, 0.15) is 32.8 Å². The summed E-state index contributed by atoms with van der Waals surface area (Å²) in [6, 6.07) is 5.43. The van der Waals surface area contributed by atoms with Crippen LogP contribution in [0.15, 0.2) is 18.2 Å². The molecule has 0 spiro atoms. The number of nitrogens with one attached hydrogen (secondary N) is 1. The van der Waals surface area contributed by atoms with Gasteiger partial charge in [-0.05, 0) is 50.8 Å². The molecule has 2 atom stereocenters. The van der Waals surface area contributed by atoms with E-state index >= 15 is 0 Å². The molecule has 6 heteroatoms. The lowest BCUT2D eigenvalue weighted by atomic mass is 9.93. The number of amides is 1. The van der Waals surface area contributed by atoms with Crippen LogP contribution in [-0.2, 0) is 10.2 Å². The molecule has 0 radical (unpaired) electrons. The minimum absolute atomic E-state index is 0.0657. The second-order valence-electron chi connectivity index (χ2n) is 6.72. The van der Waals surface area contributed by atoms with E-state index in [0.29, 0.717) is 16.6 Å². The normalized spacial score (nSPS) is 24.0. The third-order valence-corrected chi connectivity index (χ3v) is 4.63. The summed E-state index contributed by atoms with van der Waals surface area (Å²) in [6.07, 6.45) is 0.326. The van der Waals surface area contributed by atoms with Gasteiger partial charge in [-0.15, -0.1) is 0 Å². The topological polar surface area (TPSA) is 58.6 Å². The van der Waals surface area contributed by atoms with Gasteiger partial charge < -0.3 is 15.2 Å². The summed E-state index contributed by atoms with van der Waals surface area (Å²) in [4.78, 5) is 11.8. The molecule has 1 aromatic rings. The maximum Gasteiger partial charge on any atom is 0.407 e. The van der Waals surface area contributed by atoms with Crippen LogP contribution in [0.3, 0.4) is 0 Å². The van der Waals surface area contributed by atoms with Gasteiger partial charge in [0.25, 0.3) is 0 Å². The van der Waals surface area contributed by atoms with E-state index in [9.17, 15) is 9.90 Å². The molecule has 1 fully saturated rings. The monoisotopic (exact) mass is 345 g/mol. The zero-order valence-electron chi connectivity index (χ0n) is 13.0. The highest BCUT2D eigenvalue weighted by Crippen LogP contribution is 2.54. The fourth-order valence-corrected chi connectivity index (χ4v) is 2.94. The number of hydrogen-bond donors (Lipinski definition) is 2. The largest absolute Gasteiger partial charge is 0.444 e. The van der Waals surface area contributed by atoms with Crippen molar-refractivity contribution < 1.29 is 14.6 Å². The smallest absolute Gasteiger partial charge is 0.407 e. The van der Waals surface area contributed by atoms with Crippen LogP contribution in [-0.4, -0.2) is 30.0 Å². The van der Waals surface area contributed by atoms with Gasteiger partial charge >= 0.3 is 6.09 Å². The van der Waals surface area contributed by atoms with E-state index in [1.807, 2.05) is 26.8 Å². The second-order valence-corrected chi connectivity index (χ2v) is 7.54. The van der Waals surface area contributed by atoms with Crippen molar-refractivity contribution in [1.82, 2.24) is 5.32 Å². The number of halogens is 2. The average Bonchev–Trinajstić information content (AvgIpc) is 3.13. The molecule has 0 aromatic heterocycles. The molecule has 0 saturated heterocycles. The molecule has 1 aromatic carbocycles. The molecule has 0 unspecified atom stereocenters. The molecule has 0 bridgehead atoms. The molecular weight excluding hydrogens is 325 g/mol. The van der Waals surface area contributed by atoms with Crippen molar-refractivity contribution in [3.8, 4) is 0 Å². The zero-order valence-corrected chi connectivity index (χ0v) is 14.5. The highest BCUT2D eigenvalue weighted by molar-refractivity contribution is 6.42. The first-order valence-corrected chi connectivity index (χ1v) is 7.97. The van der Waals surface area contributed by atoms with E-state index in [0.717, 1.165) is 12.0 Å². The lowest BCUT2D eigenvalue weighted by Gasteiger charge is -2.23. The molecule has 0 heterocycles. The minimum Gasteiger partial charge on any atom is -0.444 e. The Morgan fingerprint density at radius 3 is 2.59 bits per heavy atom. The molecule has 2 N–H and O–H groups in total. The maximum atomic E-state index is 11.8. The van der Waals surface area contributed by atoms with Crippen LogP contribution in [0, 0.1) is 5.92 Å². The number of carbonyl (C=O) groups excluding carboxylic acids is 1. The summed E-state index contributed by atoms with van der Waals surface area (Å²) >= 11 is 12.0. The summed E-state index contributed by atoms with van der Waals surface area (Å²) in [5.41, 5.74) is 0.123. The van der Waals surface area contributed by atoms with Crippen LogP contribution in [0.2, 0.25) is 10.0 Å². The van der Waals surface area contributed by atoms with Crippen molar-refractivity contribution in [1.29, 1.82) is 0 Å². The van der Waals surface area contributed by atoms with Gasteiger partial charge in [-0.3, -0.25) is 0 Å². The SMILES string of the molecule is CC(C)(C)OC(=O)NC[C@@]1(c2ccc(Cl)c(Cl)c2)C[C@H]1CO. The summed E-state index contributed by atoms with van der Waals surface area (Å²) in [7, 11) is 0. The molecule has 1 aliphatic rings. The first-order chi connectivity index (χ1) is 10.2. The number of benzene rings is 1. The summed E-state index contributed by atoms with van der Waals surface area (Å²) in [5.74, 6) is 0.0969. The first-order valence-electron chi connectivity index (χ1n) is 7.21. The molecule has 0 aliphatic heterocycles. The van der Waals surface area contributed by atoms with Gasteiger partial charge in [0.15, 0.2) is 0 Å². The molecule has 1 aliphatic carbocycles. The summed E-state index contributed by atoms with van der Waals surface area (Å²) in [6.45, 7) is 5.90. The molecule has 4 nitrogen and oxygen atoms in total. The van der Waals surface area contributed by atoms with Gasteiger partial charge in [-0.1, -0.05) is 29.3 Å². The highest BCUT2D eigenvalue weighted by Gasteiger charge is 2.55. The van der Waals surface area contributed by atoms with E-state index in [2.05, 4.69) is 5.32 Å². The standard InChI is InChI=1S/C16H21Cl2NO3/c1-15(2,3)22-14(21)19-9-16(7-11(16)8-20)10-4-5-12(17)13(18)6-10/h4-6,11,20H,7-9H2,1-3H3,(H,19,21)/t11-,16+/m0/s1. The third kappa shape index (κ3) is 3.86. The summed E-state index contributed by atoms with van der Waals surface area (Å²) < 4.78 is 5.25. The zero-order chi connectivity index (χ0) is 16.5. The van der Waals surface area contributed by atoms with Gasteiger partial charge in [0, 0.05) is 18.6 Å². The number of aliphatic hydroxyl groups is 1. The van der Waals surface area contributed by atoms with Gasteiger partial charge in [0.2, 0.25) is 0 Å². The Morgan fingerprint density at radius 1 is 1.41 bits per heavy atom. The molecule has 2 rings (SSSR count). The van der Waals surface area contributed by atoms with Gasteiger partial charge in [0.05, 0.1) is 10.0 Å². The predicted molar refractivity (Wildman–Crippen MR) is 87.6 cm³/mol. The number of ether oxygens (including phenoxy) is 1. The van der Waals surface area contributed by atoms with Crippen LogP contribution < -0.4 is 5.32 Å². The van der Waals surface area contributed by atoms with E-state index in [-0.39, 0.29) is 17.9 Å². The Bertz CT molecular complexity index is 571. The van der Waals surface area contributed by atoms with Crippen molar-refractivity contribution in [2.75, 3.05) is 13.2 Å². The molecule has 122 valence electrons. The van der Waals surface area contributed by atoms with Crippen molar-refractivity contribution in [3.63, 3.8) is 0 Å². The van der Waals surface area contributed by atoms with Crippen LogP contribution in [0.4, 0.5) is 4.79 Å². The Morgan fingerprint density at radius 2 is 2.09 bits per heavy atom. The van der Waals surface area contributed by atoms with Crippen molar-refractivity contribution >= 4 is 29.3 Å². The average molecular weight is 346 g/mol. The first kappa shape index (κ1) is 17.4. The molecule has 1 amide bonds. The Kier molecular flexibility index (Phi) is 4.95. The fourth-order valence-electron chi connectivity index (χ4n) is 2.64. The number of alkyl carbamates (subject to hydrolysis) is 1. The van der Waals surface area contributed by atoms with Crippen molar-refractivity contribution in [3.05, 3.63) is 33.8 Å². The van der Waals surface area contributed by atoms with E-state index in [1.165, 1.54) is 0 Å². The molecule has 22 heavy (non-hydrogen) atoms. The quantitative estimate of drug-likeness (QED) is 0.873. The Hall–Kier alpha value is -0.970. The Labute approximate surface area is 140 Å². The fraction of sp³-hybridized carbons (Fsp3) is 0.562. The van der Waals surface area contributed by atoms with Gasteiger partial charge in [0.1, 0.15) is 5.60 Å². The van der Waals surface area contributed by atoms with E-state index < -0.39 is 11.7 Å². The van der Waals surface area contributed by atoms with Gasteiger partial charge in [-0.25, -0.2) is 4.79 Å². The Balaban J connectivity index is 2.10. The summed E-state index contributed by atoms with van der Waals surface area (Å²) in [5, 5.41) is 13.2. The number of carbonyl (C=O) groups is 1. The lowest BCUT2D eigenvalue weighted by molar-refractivity contribution is 0.0520. The number of rotatable bonds is 4. The predicted octanol–water partition coefficient (Wildman–Crippen LogP) is 3.77. The van der Waals surface area contributed by atoms with Gasteiger partial charge in [-0.2, -0.15) is 0 Å². The van der Waals surface area contributed by atoms with Crippen LogP contribution in [0.5, 0.6) is 0 Å². The maximum absolute atomic E-state index is 11.8. The van der Waals surface area contributed by atoms with E-state index in [4.69, 9.17) is 27.9 Å². The van der Waals surface area contributed by atoms with Crippen molar-refractivity contribution in [2.45, 2.75) is 38.2 Å². The second kappa shape index (κ2) is 6.26. The minimum atomic E-state index is -0.541. The number of hydrogen-bond acceptors (Lipinski definition) is 3. The van der Waals surface area contributed by atoms with Crippen molar-refractivity contribution in [2.24, 2.45) is 5.92 Å².